The van der Waals surface area contributed by atoms with Gasteiger partial charge in [0.2, 0.25) is 0 Å². The predicted molar refractivity (Wildman–Crippen MR) is 90.6 cm³/mol. The molecule has 3 rings (SSSR count). The van der Waals surface area contributed by atoms with Crippen LogP contribution in [-0.2, 0) is 6.54 Å². The first kappa shape index (κ1) is 16.0. The Bertz CT molecular complexity index is 450. The smallest absolute Gasteiger partial charge is 0.0664 e. The highest BCUT2D eigenvalue weighted by atomic mass is 16.3. The van der Waals surface area contributed by atoms with Gasteiger partial charge in [-0.3, -0.25) is 4.90 Å². The highest BCUT2D eigenvalue weighted by Crippen LogP contribution is 2.38. The Labute approximate surface area is 134 Å². The fraction of sp³-hybridized carbons (Fsp3) is 0.684. The van der Waals surface area contributed by atoms with Crippen molar-refractivity contribution in [2.75, 3.05) is 19.6 Å². The zero-order valence-corrected chi connectivity index (χ0v) is 13.7. The van der Waals surface area contributed by atoms with Gasteiger partial charge in [-0.15, -0.1) is 0 Å². The molecule has 1 aromatic carbocycles. The summed E-state index contributed by atoms with van der Waals surface area (Å²) in [7, 11) is 0. The monoisotopic (exact) mass is 302 g/mol. The highest BCUT2D eigenvalue weighted by Gasteiger charge is 2.42. The molecule has 1 saturated heterocycles. The second-order valence-electron chi connectivity index (χ2n) is 7.14. The second-order valence-corrected chi connectivity index (χ2v) is 7.14. The first-order chi connectivity index (χ1) is 10.8. The number of nitrogens with zero attached hydrogens (tertiary/aromatic N) is 1. The summed E-state index contributed by atoms with van der Waals surface area (Å²) in [6.07, 6.45) is 4.43. The topological polar surface area (TPSA) is 35.5 Å². The molecule has 3 nitrogen and oxygen atoms in total. The number of benzene rings is 1. The van der Waals surface area contributed by atoms with E-state index in [0.717, 1.165) is 37.8 Å². The quantitative estimate of drug-likeness (QED) is 0.813. The van der Waals surface area contributed by atoms with Crippen LogP contribution in [0.5, 0.6) is 0 Å². The number of likely N-dealkylation sites (tertiary alicyclic amines) is 1. The third-order valence-electron chi connectivity index (χ3n) is 5.42. The predicted octanol–water partition coefficient (Wildman–Crippen LogP) is 2.65. The largest absolute Gasteiger partial charge is 0.392 e. The van der Waals surface area contributed by atoms with Crippen LogP contribution in [0.2, 0.25) is 0 Å². The van der Waals surface area contributed by atoms with Crippen LogP contribution in [0.3, 0.4) is 0 Å². The van der Waals surface area contributed by atoms with E-state index in [-0.39, 0.29) is 6.10 Å². The molecule has 1 aliphatic carbocycles. The number of rotatable bonds is 7. The molecular weight excluding hydrogens is 272 g/mol. The molecule has 0 spiro atoms. The van der Waals surface area contributed by atoms with Crippen LogP contribution in [-0.4, -0.2) is 41.8 Å². The molecule has 2 N–H and O–H groups in total. The van der Waals surface area contributed by atoms with Crippen LogP contribution >= 0.6 is 0 Å². The van der Waals surface area contributed by atoms with Crippen molar-refractivity contribution in [3.05, 3.63) is 35.9 Å². The van der Waals surface area contributed by atoms with Crippen molar-refractivity contribution in [3.63, 3.8) is 0 Å². The Morgan fingerprint density at radius 1 is 1.23 bits per heavy atom. The van der Waals surface area contributed by atoms with Gasteiger partial charge in [0, 0.05) is 32.2 Å². The molecule has 2 aliphatic rings. The summed E-state index contributed by atoms with van der Waals surface area (Å²) in [5, 5.41) is 13.6. The van der Waals surface area contributed by atoms with Gasteiger partial charge < -0.3 is 10.4 Å². The molecule has 1 saturated carbocycles. The average Bonchev–Trinajstić information content (AvgIpc) is 3.07. The van der Waals surface area contributed by atoms with Crippen LogP contribution in [0.15, 0.2) is 30.3 Å². The summed E-state index contributed by atoms with van der Waals surface area (Å²) in [6.45, 7) is 6.43. The molecule has 1 heterocycles. The molecule has 0 amide bonds. The minimum atomic E-state index is -0.175. The standard InChI is InChI=1S/C19H30N2O/c1-2-6-17(22)11-20-19-10-9-16-13-21(14-18(16)19)12-15-7-4-3-5-8-15/h3-5,7-8,16-20,22H,2,6,9-14H2,1H3. The average molecular weight is 302 g/mol. The van der Waals surface area contributed by atoms with Gasteiger partial charge in [-0.1, -0.05) is 43.7 Å². The van der Waals surface area contributed by atoms with Crippen molar-refractivity contribution in [1.29, 1.82) is 0 Å². The van der Waals surface area contributed by atoms with Crippen molar-refractivity contribution in [2.45, 2.75) is 51.3 Å². The zero-order valence-electron chi connectivity index (χ0n) is 13.7. The summed E-state index contributed by atoms with van der Waals surface area (Å²) < 4.78 is 0. The van der Waals surface area contributed by atoms with Gasteiger partial charge in [0.05, 0.1) is 6.10 Å². The van der Waals surface area contributed by atoms with Gasteiger partial charge in [-0.2, -0.15) is 0 Å². The fourth-order valence-corrected chi connectivity index (χ4v) is 4.30. The lowest BCUT2D eigenvalue weighted by atomic mass is 9.97. The summed E-state index contributed by atoms with van der Waals surface area (Å²) in [6, 6.07) is 11.4. The van der Waals surface area contributed by atoms with Crippen LogP contribution in [0.1, 0.15) is 38.2 Å². The molecule has 122 valence electrons. The molecule has 1 aliphatic heterocycles. The SMILES string of the molecule is CCCC(O)CNC1CCC2CN(Cc3ccccc3)CC21. The second kappa shape index (κ2) is 7.58. The molecule has 4 unspecified atom stereocenters. The normalized spacial score (nSPS) is 29.6. The van der Waals surface area contributed by atoms with Crippen molar-refractivity contribution in [1.82, 2.24) is 10.2 Å². The first-order valence-corrected chi connectivity index (χ1v) is 8.94. The number of aliphatic hydroxyl groups is 1. The first-order valence-electron chi connectivity index (χ1n) is 8.94. The number of aliphatic hydroxyl groups excluding tert-OH is 1. The summed E-state index contributed by atoms with van der Waals surface area (Å²) in [5.74, 6) is 1.63. The van der Waals surface area contributed by atoms with E-state index in [1.54, 1.807) is 0 Å². The Kier molecular flexibility index (Phi) is 5.51. The number of fused-ring (bicyclic) bond motifs is 1. The maximum atomic E-state index is 9.92. The Balaban J connectivity index is 1.48. The molecule has 0 bridgehead atoms. The lowest BCUT2D eigenvalue weighted by molar-refractivity contribution is 0.152. The van der Waals surface area contributed by atoms with Crippen LogP contribution in [0, 0.1) is 11.8 Å². The minimum Gasteiger partial charge on any atom is -0.392 e. The summed E-state index contributed by atoms with van der Waals surface area (Å²) in [4.78, 5) is 2.61. The number of nitrogens with one attached hydrogen (secondary N) is 1. The van der Waals surface area contributed by atoms with Crippen LogP contribution in [0.4, 0.5) is 0 Å². The molecular formula is C19H30N2O. The van der Waals surface area contributed by atoms with E-state index in [1.807, 2.05) is 0 Å². The molecule has 0 radical (unpaired) electrons. The van der Waals surface area contributed by atoms with Gasteiger partial charge in [-0.05, 0) is 36.7 Å². The summed E-state index contributed by atoms with van der Waals surface area (Å²) in [5.41, 5.74) is 1.42. The fourth-order valence-electron chi connectivity index (χ4n) is 4.30. The van der Waals surface area contributed by atoms with Gasteiger partial charge in [0.15, 0.2) is 0 Å². The van der Waals surface area contributed by atoms with Crippen molar-refractivity contribution in [2.24, 2.45) is 11.8 Å². The van der Waals surface area contributed by atoms with Crippen molar-refractivity contribution >= 4 is 0 Å². The molecule has 2 fully saturated rings. The number of hydrogen-bond donors (Lipinski definition) is 2. The lowest BCUT2D eigenvalue weighted by Crippen LogP contribution is -2.39. The zero-order chi connectivity index (χ0) is 15.4. The third kappa shape index (κ3) is 3.89. The molecule has 3 heteroatoms. The van der Waals surface area contributed by atoms with Gasteiger partial charge in [0.1, 0.15) is 0 Å². The molecule has 4 atom stereocenters. The Morgan fingerprint density at radius 3 is 2.82 bits per heavy atom. The van der Waals surface area contributed by atoms with Crippen molar-refractivity contribution in [3.8, 4) is 0 Å². The van der Waals surface area contributed by atoms with E-state index in [0.29, 0.717) is 6.04 Å². The van der Waals surface area contributed by atoms with E-state index < -0.39 is 0 Å². The molecule has 0 aromatic heterocycles. The van der Waals surface area contributed by atoms with E-state index in [2.05, 4.69) is 47.5 Å². The molecule has 22 heavy (non-hydrogen) atoms. The van der Waals surface area contributed by atoms with Crippen molar-refractivity contribution < 1.29 is 5.11 Å². The van der Waals surface area contributed by atoms with Crippen LogP contribution < -0.4 is 5.32 Å². The minimum absolute atomic E-state index is 0.175. The van der Waals surface area contributed by atoms with E-state index in [4.69, 9.17) is 0 Å². The van der Waals surface area contributed by atoms with E-state index >= 15 is 0 Å². The maximum absolute atomic E-state index is 9.92. The van der Waals surface area contributed by atoms with Gasteiger partial charge >= 0.3 is 0 Å². The van der Waals surface area contributed by atoms with Gasteiger partial charge in [-0.25, -0.2) is 0 Å². The Hall–Kier alpha value is -0.900. The van der Waals surface area contributed by atoms with Gasteiger partial charge in [0.25, 0.3) is 0 Å². The third-order valence-corrected chi connectivity index (χ3v) is 5.42. The van der Waals surface area contributed by atoms with Crippen LogP contribution in [0.25, 0.3) is 0 Å². The van der Waals surface area contributed by atoms with E-state index in [9.17, 15) is 5.11 Å². The van der Waals surface area contributed by atoms with E-state index in [1.165, 1.54) is 31.5 Å². The highest BCUT2D eigenvalue weighted by molar-refractivity contribution is 5.15. The summed E-state index contributed by atoms with van der Waals surface area (Å²) >= 11 is 0. The lowest BCUT2D eigenvalue weighted by Gasteiger charge is -2.23. The number of hydrogen-bond acceptors (Lipinski definition) is 3. The maximum Gasteiger partial charge on any atom is 0.0664 e. The molecule has 1 aromatic rings. The Morgan fingerprint density at radius 2 is 2.05 bits per heavy atom.